The van der Waals surface area contributed by atoms with Crippen molar-refractivity contribution in [2.75, 3.05) is 13.2 Å². The van der Waals surface area contributed by atoms with Gasteiger partial charge in [-0.2, -0.15) is 0 Å². The summed E-state index contributed by atoms with van der Waals surface area (Å²) in [7, 11) is 0. The van der Waals surface area contributed by atoms with E-state index in [2.05, 4.69) is 5.32 Å². The van der Waals surface area contributed by atoms with Gasteiger partial charge in [-0.1, -0.05) is 13.8 Å². The minimum Gasteiger partial charge on any atom is -0.483 e. The van der Waals surface area contributed by atoms with Crippen molar-refractivity contribution in [3.8, 4) is 5.75 Å². The lowest BCUT2D eigenvalue weighted by Crippen LogP contribution is -2.31. The third-order valence-corrected chi connectivity index (χ3v) is 2.40. The Labute approximate surface area is 116 Å². The minimum atomic E-state index is -0.605. The first-order valence-electron chi connectivity index (χ1n) is 6.07. The van der Waals surface area contributed by atoms with Crippen LogP contribution >= 0.6 is 0 Å². The summed E-state index contributed by atoms with van der Waals surface area (Å²) >= 11 is 0. The Balaban J connectivity index is 2.66. The monoisotopic (exact) mass is 280 g/mol. The van der Waals surface area contributed by atoms with Crippen molar-refractivity contribution in [1.29, 1.82) is 0 Å². The van der Waals surface area contributed by atoms with Gasteiger partial charge in [0, 0.05) is 18.7 Å². The molecule has 108 valence electrons. The van der Waals surface area contributed by atoms with Gasteiger partial charge in [-0.15, -0.1) is 0 Å². The van der Waals surface area contributed by atoms with Gasteiger partial charge in [0.15, 0.2) is 12.9 Å². The van der Waals surface area contributed by atoms with Crippen LogP contribution in [0.1, 0.15) is 24.2 Å². The van der Waals surface area contributed by atoms with E-state index in [-0.39, 0.29) is 29.5 Å². The van der Waals surface area contributed by atoms with Crippen LogP contribution in [0, 0.1) is 16.0 Å². The molecule has 1 aromatic rings. The van der Waals surface area contributed by atoms with Gasteiger partial charge in [-0.05, 0) is 12.0 Å². The summed E-state index contributed by atoms with van der Waals surface area (Å²) in [5, 5.41) is 13.2. The lowest BCUT2D eigenvalue weighted by molar-refractivity contribution is -0.384. The van der Waals surface area contributed by atoms with Crippen LogP contribution in [0.4, 0.5) is 5.69 Å². The van der Waals surface area contributed by atoms with Gasteiger partial charge in [0.2, 0.25) is 0 Å². The van der Waals surface area contributed by atoms with E-state index in [9.17, 15) is 19.7 Å². The molecule has 0 aliphatic carbocycles. The molecule has 0 aliphatic rings. The Hall–Kier alpha value is -2.44. The molecule has 7 heteroatoms. The number of rotatable bonds is 7. The molecule has 7 nitrogen and oxygen atoms in total. The lowest BCUT2D eigenvalue weighted by Gasteiger charge is -2.10. The first-order chi connectivity index (χ1) is 9.43. The number of nitrogens with zero attached hydrogens (tertiary/aromatic N) is 1. The third-order valence-electron chi connectivity index (χ3n) is 2.40. The van der Waals surface area contributed by atoms with Crippen molar-refractivity contribution in [3.05, 3.63) is 33.9 Å². The van der Waals surface area contributed by atoms with Crippen molar-refractivity contribution >= 4 is 17.9 Å². The van der Waals surface area contributed by atoms with E-state index in [4.69, 9.17) is 4.74 Å². The molecule has 1 amide bonds. The van der Waals surface area contributed by atoms with Crippen LogP contribution in [0.5, 0.6) is 5.75 Å². The average Bonchev–Trinajstić information content (AvgIpc) is 2.42. The molecule has 0 saturated heterocycles. The number of ether oxygens (including phenoxy) is 1. The van der Waals surface area contributed by atoms with Crippen LogP contribution in [0.15, 0.2) is 18.2 Å². The number of non-ortho nitro benzene ring substituents is 1. The molecule has 0 aromatic heterocycles. The number of nitro groups is 1. The fourth-order valence-corrected chi connectivity index (χ4v) is 1.39. The normalized spacial score (nSPS) is 10.2. The SMILES string of the molecule is CC(C)CNC(=O)COc1ccc([N+](=O)[O-])cc1C=O. The first kappa shape index (κ1) is 15.6. The van der Waals surface area contributed by atoms with Crippen molar-refractivity contribution in [1.82, 2.24) is 5.32 Å². The van der Waals surface area contributed by atoms with Crippen LogP contribution in [0.25, 0.3) is 0 Å². The summed E-state index contributed by atoms with van der Waals surface area (Å²) < 4.78 is 5.19. The number of carbonyl (C=O) groups is 2. The number of carbonyl (C=O) groups excluding carboxylic acids is 2. The molecule has 0 atom stereocenters. The van der Waals surface area contributed by atoms with Crippen molar-refractivity contribution in [3.63, 3.8) is 0 Å². The maximum absolute atomic E-state index is 11.5. The van der Waals surface area contributed by atoms with Crippen molar-refractivity contribution in [2.24, 2.45) is 5.92 Å². The fraction of sp³-hybridized carbons (Fsp3) is 0.385. The molecule has 1 N–H and O–H groups in total. The molecule has 0 aliphatic heterocycles. The Kier molecular flexibility index (Phi) is 5.64. The maximum Gasteiger partial charge on any atom is 0.270 e. The molecule has 0 spiro atoms. The second-order valence-corrected chi connectivity index (χ2v) is 4.58. The van der Waals surface area contributed by atoms with E-state index in [0.717, 1.165) is 6.07 Å². The first-order valence-corrected chi connectivity index (χ1v) is 6.07. The standard InChI is InChI=1S/C13H16N2O5/c1-9(2)6-14-13(17)8-20-12-4-3-11(15(18)19)5-10(12)7-16/h3-5,7,9H,6,8H2,1-2H3,(H,14,17). The summed E-state index contributed by atoms with van der Waals surface area (Å²) in [6.45, 7) is 4.21. The van der Waals surface area contributed by atoms with Crippen LogP contribution in [0.3, 0.4) is 0 Å². The highest BCUT2D eigenvalue weighted by Gasteiger charge is 2.12. The van der Waals surface area contributed by atoms with Crippen molar-refractivity contribution in [2.45, 2.75) is 13.8 Å². The molecule has 0 unspecified atom stereocenters. The highest BCUT2D eigenvalue weighted by molar-refractivity contribution is 5.81. The predicted octanol–water partition coefficient (Wildman–Crippen LogP) is 1.56. The lowest BCUT2D eigenvalue weighted by atomic mass is 10.2. The zero-order valence-electron chi connectivity index (χ0n) is 11.3. The van der Waals surface area contributed by atoms with Crippen LogP contribution in [0.2, 0.25) is 0 Å². The average molecular weight is 280 g/mol. The van der Waals surface area contributed by atoms with Gasteiger partial charge < -0.3 is 10.1 Å². The number of nitro benzene ring substituents is 1. The quantitative estimate of drug-likeness (QED) is 0.464. The smallest absolute Gasteiger partial charge is 0.270 e. The van der Waals surface area contributed by atoms with E-state index in [1.165, 1.54) is 12.1 Å². The minimum absolute atomic E-state index is 0.0378. The van der Waals surface area contributed by atoms with Crippen LogP contribution < -0.4 is 10.1 Å². The van der Waals surface area contributed by atoms with E-state index in [1.54, 1.807) is 0 Å². The summed E-state index contributed by atoms with van der Waals surface area (Å²) in [4.78, 5) is 32.3. The molecular weight excluding hydrogens is 264 g/mol. The summed E-state index contributed by atoms with van der Waals surface area (Å²) in [5.41, 5.74) is -0.167. The Morgan fingerprint density at radius 2 is 2.20 bits per heavy atom. The van der Waals surface area contributed by atoms with Gasteiger partial charge in [-0.25, -0.2) is 0 Å². The van der Waals surface area contributed by atoms with Gasteiger partial charge >= 0.3 is 0 Å². The number of nitrogens with one attached hydrogen (secondary N) is 1. The van der Waals surface area contributed by atoms with Crippen LogP contribution in [-0.4, -0.2) is 30.3 Å². The molecule has 1 rings (SSSR count). The maximum atomic E-state index is 11.5. The molecule has 0 fully saturated rings. The highest BCUT2D eigenvalue weighted by Crippen LogP contribution is 2.22. The highest BCUT2D eigenvalue weighted by atomic mass is 16.6. The van der Waals surface area contributed by atoms with E-state index >= 15 is 0 Å². The Bertz CT molecular complexity index is 513. The summed E-state index contributed by atoms with van der Waals surface area (Å²) in [6.07, 6.45) is 0.453. The topological polar surface area (TPSA) is 98.5 Å². The van der Waals surface area contributed by atoms with Gasteiger partial charge in [0.25, 0.3) is 11.6 Å². The summed E-state index contributed by atoms with van der Waals surface area (Å²) in [5.74, 6) is 0.156. The second kappa shape index (κ2) is 7.22. The summed E-state index contributed by atoms with van der Waals surface area (Å²) in [6, 6.07) is 3.63. The van der Waals surface area contributed by atoms with E-state index < -0.39 is 4.92 Å². The third kappa shape index (κ3) is 4.68. The molecule has 20 heavy (non-hydrogen) atoms. The predicted molar refractivity (Wildman–Crippen MR) is 71.8 cm³/mol. The van der Waals surface area contributed by atoms with E-state index in [0.29, 0.717) is 18.7 Å². The van der Waals surface area contributed by atoms with Gasteiger partial charge in [0.05, 0.1) is 10.5 Å². The molecule has 0 radical (unpaired) electrons. The second-order valence-electron chi connectivity index (χ2n) is 4.58. The Morgan fingerprint density at radius 3 is 2.75 bits per heavy atom. The molecule has 1 aromatic carbocycles. The number of hydrogen-bond acceptors (Lipinski definition) is 5. The zero-order chi connectivity index (χ0) is 15.1. The number of hydrogen-bond donors (Lipinski definition) is 1. The molecule has 0 bridgehead atoms. The molecule has 0 heterocycles. The number of amides is 1. The van der Waals surface area contributed by atoms with Crippen LogP contribution in [-0.2, 0) is 4.79 Å². The van der Waals surface area contributed by atoms with Gasteiger partial charge in [0.1, 0.15) is 5.75 Å². The zero-order valence-corrected chi connectivity index (χ0v) is 11.3. The fourth-order valence-electron chi connectivity index (χ4n) is 1.39. The van der Waals surface area contributed by atoms with Gasteiger partial charge in [-0.3, -0.25) is 19.7 Å². The number of benzene rings is 1. The molecule has 0 saturated carbocycles. The van der Waals surface area contributed by atoms with Crippen molar-refractivity contribution < 1.29 is 19.2 Å². The number of aldehydes is 1. The Morgan fingerprint density at radius 1 is 1.50 bits per heavy atom. The van der Waals surface area contributed by atoms with E-state index in [1.807, 2.05) is 13.8 Å². The molecular formula is C13H16N2O5. The largest absolute Gasteiger partial charge is 0.483 e.